The molecule has 8 heteroatoms. The van der Waals surface area contributed by atoms with Crippen LogP contribution in [0.3, 0.4) is 0 Å². The molecule has 0 unspecified atom stereocenters. The maximum Gasteiger partial charge on any atom is 0.241 e. The monoisotopic (exact) mass is 437 g/mol. The van der Waals surface area contributed by atoms with E-state index in [1.807, 2.05) is 31.2 Å². The summed E-state index contributed by atoms with van der Waals surface area (Å²) in [6.07, 6.45) is 0.689. The minimum absolute atomic E-state index is 0.0141. The Morgan fingerprint density at radius 1 is 1.03 bits per heavy atom. The van der Waals surface area contributed by atoms with Gasteiger partial charge in [0.05, 0.1) is 13.1 Å². The van der Waals surface area contributed by atoms with Gasteiger partial charge in [0.1, 0.15) is 5.82 Å². The number of amides is 1. The van der Waals surface area contributed by atoms with E-state index in [0.29, 0.717) is 37.8 Å². The van der Waals surface area contributed by atoms with E-state index < -0.39 is 0 Å². The number of piperazine rings is 1. The molecule has 7 nitrogen and oxygen atoms in total. The lowest BCUT2D eigenvalue weighted by Gasteiger charge is -2.33. The second-order valence-electron chi connectivity index (χ2n) is 8.16. The van der Waals surface area contributed by atoms with Crippen molar-refractivity contribution >= 4 is 5.91 Å². The van der Waals surface area contributed by atoms with Gasteiger partial charge in [-0.05, 0) is 31.0 Å². The molecular formula is C24H28FN5O2. The smallest absolute Gasteiger partial charge is 0.241 e. The lowest BCUT2D eigenvalue weighted by Crippen LogP contribution is -2.49. The number of nitrogens with zero attached hydrogens (tertiary/aromatic N) is 4. The summed E-state index contributed by atoms with van der Waals surface area (Å²) in [5.74, 6) is 0.978. The van der Waals surface area contributed by atoms with Crippen molar-refractivity contribution in [3.05, 3.63) is 71.4 Å². The van der Waals surface area contributed by atoms with Gasteiger partial charge in [0.15, 0.2) is 0 Å². The number of carbonyl (C=O) groups is 1. The summed E-state index contributed by atoms with van der Waals surface area (Å²) in [5, 5.41) is 7.04. The van der Waals surface area contributed by atoms with Gasteiger partial charge in [0.2, 0.25) is 17.6 Å². The molecule has 1 aliphatic heterocycles. The lowest BCUT2D eigenvalue weighted by atomic mass is 10.1. The van der Waals surface area contributed by atoms with Gasteiger partial charge in [0, 0.05) is 38.3 Å². The van der Waals surface area contributed by atoms with Crippen LogP contribution in [0.25, 0.3) is 11.4 Å². The predicted molar refractivity (Wildman–Crippen MR) is 119 cm³/mol. The average Bonchev–Trinajstić information content (AvgIpc) is 3.25. The van der Waals surface area contributed by atoms with E-state index in [1.165, 1.54) is 17.7 Å². The van der Waals surface area contributed by atoms with Crippen molar-refractivity contribution < 1.29 is 13.7 Å². The van der Waals surface area contributed by atoms with E-state index in [4.69, 9.17) is 4.52 Å². The number of rotatable bonds is 8. The highest BCUT2D eigenvalue weighted by Crippen LogP contribution is 2.17. The predicted octanol–water partition coefficient (Wildman–Crippen LogP) is 2.66. The zero-order valence-corrected chi connectivity index (χ0v) is 18.3. The minimum Gasteiger partial charge on any atom is -0.355 e. The molecule has 2 heterocycles. The SMILES string of the molecule is Cc1ccc(-c2noc(CN3CCN(CC(=O)NCCc4ccc(F)cc4)CC3)n2)cc1. The molecule has 1 aromatic heterocycles. The van der Waals surface area contributed by atoms with Crippen LogP contribution in [0.4, 0.5) is 4.39 Å². The number of hydrogen-bond donors (Lipinski definition) is 1. The Hall–Kier alpha value is -3.10. The molecule has 32 heavy (non-hydrogen) atoms. The standard InChI is InChI=1S/C24H28FN5O2/c1-18-2-6-20(7-3-18)24-27-23(32-28-24)17-30-14-12-29(13-15-30)16-22(31)26-11-10-19-4-8-21(25)9-5-19/h2-9H,10-17H2,1H3,(H,26,31). The van der Waals surface area contributed by atoms with Gasteiger partial charge >= 0.3 is 0 Å². The fourth-order valence-corrected chi connectivity index (χ4v) is 3.69. The van der Waals surface area contributed by atoms with E-state index in [9.17, 15) is 9.18 Å². The van der Waals surface area contributed by atoms with Gasteiger partial charge in [-0.25, -0.2) is 4.39 Å². The Bertz CT molecular complexity index is 1010. The summed E-state index contributed by atoms with van der Waals surface area (Å²) in [6.45, 7) is 6.88. The van der Waals surface area contributed by atoms with E-state index >= 15 is 0 Å². The molecular weight excluding hydrogens is 409 g/mol. The summed E-state index contributed by atoms with van der Waals surface area (Å²) in [7, 11) is 0. The maximum absolute atomic E-state index is 12.9. The van der Waals surface area contributed by atoms with E-state index in [2.05, 4.69) is 25.3 Å². The Balaban J connectivity index is 1.16. The number of benzene rings is 2. The first kappa shape index (κ1) is 22.1. The minimum atomic E-state index is -0.247. The molecule has 1 fully saturated rings. The van der Waals surface area contributed by atoms with Gasteiger partial charge in [-0.15, -0.1) is 0 Å². The van der Waals surface area contributed by atoms with Crippen molar-refractivity contribution in [3.63, 3.8) is 0 Å². The van der Waals surface area contributed by atoms with Crippen LogP contribution in [0, 0.1) is 12.7 Å². The molecule has 168 valence electrons. The van der Waals surface area contributed by atoms with Crippen LogP contribution in [0.5, 0.6) is 0 Å². The molecule has 0 atom stereocenters. The Labute approximate surface area is 187 Å². The number of aryl methyl sites for hydroxylation is 1. The molecule has 0 bridgehead atoms. The highest BCUT2D eigenvalue weighted by molar-refractivity contribution is 5.78. The zero-order valence-electron chi connectivity index (χ0n) is 18.3. The average molecular weight is 438 g/mol. The van der Waals surface area contributed by atoms with Crippen LogP contribution in [-0.4, -0.2) is 65.1 Å². The largest absolute Gasteiger partial charge is 0.355 e. The van der Waals surface area contributed by atoms with Gasteiger partial charge in [0.25, 0.3) is 0 Å². The topological polar surface area (TPSA) is 74.5 Å². The van der Waals surface area contributed by atoms with Crippen molar-refractivity contribution in [2.75, 3.05) is 39.3 Å². The second-order valence-corrected chi connectivity index (χ2v) is 8.16. The molecule has 2 aromatic carbocycles. The molecule has 0 aliphatic carbocycles. The first-order valence-corrected chi connectivity index (χ1v) is 10.9. The summed E-state index contributed by atoms with van der Waals surface area (Å²) in [6, 6.07) is 14.4. The van der Waals surface area contributed by atoms with Crippen LogP contribution in [0.2, 0.25) is 0 Å². The number of halogens is 1. The second kappa shape index (κ2) is 10.5. The zero-order chi connectivity index (χ0) is 22.3. The van der Waals surface area contributed by atoms with Gasteiger partial charge in [-0.2, -0.15) is 4.98 Å². The number of carbonyl (C=O) groups excluding carboxylic acids is 1. The summed E-state index contributed by atoms with van der Waals surface area (Å²) in [4.78, 5) is 21.2. The van der Waals surface area contributed by atoms with E-state index in [1.54, 1.807) is 12.1 Å². The van der Waals surface area contributed by atoms with Crippen molar-refractivity contribution in [3.8, 4) is 11.4 Å². The van der Waals surface area contributed by atoms with Gasteiger partial charge in [-0.1, -0.05) is 47.1 Å². The quantitative estimate of drug-likeness (QED) is 0.584. The third kappa shape index (κ3) is 6.21. The summed E-state index contributed by atoms with van der Waals surface area (Å²) < 4.78 is 18.4. The van der Waals surface area contributed by atoms with Crippen molar-refractivity contribution in [2.45, 2.75) is 19.9 Å². The Morgan fingerprint density at radius 2 is 1.72 bits per heavy atom. The summed E-state index contributed by atoms with van der Waals surface area (Å²) in [5.41, 5.74) is 3.14. The normalized spacial score (nSPS) is 15.1. The van der Waals surface area contributed by atoms with Crippen LogP contribution < -0.4 is 5.32 Å². The van der Waals surface area contributed by atoms with Crippen molar-refractivity contribution in [2.24, 2.45) is 0 Å². The molecule has 0 spiro atoms. The molecule has 0 saturated carbocycles. The third-order valence-corrected chi connectivity index (χ3v) is 5.62. The third-order valence-electron chi connectivity index (χ3n) is 5.62. The van der Waals surface area contributed by atoms with Crippen LogP contribution in [0.1, 0.15) is 17.0 Å². The molecule has 4 rings (SSSR count). The number of nitrogens with one attached hydrogen (secondary N) is 1. The molecule has 1 N–H and O–H groups in total. The van der Waals surface area contributed by atoms with Crippen LogP contribution in [-0.2, 0) is 17.8 Å². The first-order valence-electron chi connectivity index (χ1n) is 10.9. The Morgan fingerprint density at radius 3 is 2.44 bits per heavy atom. The highest BCUT2D eigenvalue weighted by Gasteiger charge is 2.21. The lowest BCUT2D eigenvalue weighted by molar-refractivity contribution is -0.122. The molecule has 1 aliphatic rings. The van der Waals surface area contributed by atoms with Gasteiger partial charge < -0.3 is 9.84 Å². The fraction of sp³-hybridized carbons (Fsp3) is 0.375. The molecule has 3 aromatic rings. The summed E-state index contributed by atoms with van der Waals surface area (Å²) >= 11 is 0. The van der Waals surface area contributed by atoms with E-state index in [-0.39, 0.29) is 11.7 Å². The van der Waals surface area contributed by atoms with Crippen LogP contribution >= 0.6 is 0 Å². The van der Waals surface area contributed by atoms with E-state index in [0.717, 1.165) is 37.3 Å². The maximum atomic E-state index is 12.9. The highest BCUT2D eigenvalue weighted by atomic mass is 19.1. The van der Waals surface area contributed by atoms with Crippen LogP contribution in [0.15, 0.2) is 53.1 Å². The Kier molecular flexibility index (Phi) is 7.24. The molecule has 1 amide bonds. The molecule has 1 saturated heterocycles. The number of hydrogen-bond acceptors (Lipinski definition) is 6. The van der Waals surface area contributed by atoms with Crippen molar-refractivity contribution in [1.29, 1.82) is 0 Å². The fourth-order valence-electron chi connectivity index (χ4n) is 3.69. The van der Waals surface area contributed by atoms with Gasteiger partial charge in [-0.3, -0.25) is 14.6 Å². The number of aromatic nitrogens is 2. The van der Waals surface area contributed by atoms with Crippen molar-refractivity contribution in [1.82, 2.24) is 25.3 Å². The molecule has 0 radical (unpaired) electrons. The first-order chi connectivity index (χ1) is 15.5.